The van der Waals surface area contributed by atoms with Gasteiger partial charge in [0, 0.05) is 6.61 Å². The van der Waals surface area contributed by atoms with Gasteiger partial charge in [0.15, 0.2) is 5.44 Å². The van der Waals surface area contributed by atoms with Gasteiger partial charge in [-0.2, -0.15) is 13.2 Å². The summed E-state index contributed by atoms with van der Waals surface area (Å²) < 4.78 is 46.0. The highest BCUT2D eigenvalue weighted by Crippen LogP contribution is 2.27. The number of hydrogen-bond acceptors (Lipinski definition) is 4. The number of halogens is 3. The molecule has 0 N–H and O–H groups in total. The first kappa shape index (κ1) is 13.4. The zero-order valence-corrected chi connectivity index (χ0v) is 9.20. The first-order chi connectivity index (χ1) is 7.41. The van der Waals surface area contributed by atoms with E-state index in [0.717, 1.165) is 6.42 Å². The fraction of sp³-hybridized carbons (Fsp3) is 0.667. The number of carbonyl (C=O) groups excluding carboxylic acids is 1. The van der Waals surface area contributed by atoms with Crippen molar-refractivity contribution in [3.63, 3.8) is 0 Å². The molecule has 16 heavy (non-hydrogen) atoms. The monoisotopic (exact) mass is 256 g/mol. The lowest BCUT2D eigenvalue weighted by Gasteiger charge is -2.16. The van der Waals surface area contributed by atoms with Gasteiger partial charge in [-0.25, -0.2) is 4.79 Å². The van der Waals surface area contributed by atoms with Crippen LogP contribution in [0.4, 0.5) is 13.2 Å². The topological polar surface area (TPSA) is 35.5 Å². The summed E-state index contributed by atoms with van der Waals surface area (Å²) in [6.07, 6.45) is -3.95. The van der Waals surface area contributed by atoms with E-state index in [2.05, 4.69) is 11.3 Å². The Morgan fingerprint density at radius 2 is 2.19 bits per heavy atom. The van der Waals surface area contributed by atoms with E-state index in [1.807, 2.05) is 0 Å². The van der Waals surface area contributed by atoms with Crippen LogP contribution in [0.15, 0.2) is 12.2 Å². The molecule has 0 aromatic heterocycles. The van der Waals surface area contributed by atoms with Gasteiger partial charge in [0.2, 0.25) is 0 Å². The van der Waals surface area contributed by atoms with Crippen molar-refractivity contribution in [3.8, 4) is 0 Å². The highest BCUT2D eigenvalue weighted by molar-refractivity contribution is 7.99. The van der Waals surface area contributed by atoms with Gasteiger partial charge in [-0.3, -0.25) is 0 Å². The quantitative estimate of drug-likeness (QED) is 0.560. The average Bonchev–Trinajstić information content (AvgIpc) is 2.43. The van der Waals surface area contributed by atoms with Gasteiger partial charge < -0.3 is 9.47 Å². The molecule has 0 aliphatic carbocycles. The highest BCUT2D eigenvalue weighted by Gasteiger charge is 2.38. The molecule has 1 rings (SSSR count). The second-order valence-corrected chi connectivity index (χ2v) is 4.38. The maximum Gasteiger partial charge on any atom is 0.422 e. The minimum atomic E-state index is -4.74. The number of thioether (sulfide) groups is 1. The van der Waals surface area contributed by atoms with Crippen molar-refractivity contribution in [2.45, 2.75) is 18.0 Å². The fourth-order valence-corrected chi connectivity index (χ4v) is 1.87. The van der Waals surface area contributed by atoms with Crippen LogP contribution in [0.3, 0.4) is 0 Å². The van der Waals surface area contributed by atoms with Crippen molar-refractivity contribution in [1.82, 2.24) is 0 Å². The van der Waals surface area contributed by atoms with Crippen LogP contribution in [0.5, 0.6) is 0 Å². The maximum absolute atomic E-state index is 12.1. The molecular formula is C9H11F3O3S. The largest absolute Gasteiger partial charge is 0.445 e. The Bertz CT molecular complexity index is 270. The number of rotatable bonds is 2. The van der Waals surface area contributed by atoms with E-state index in [4.69, 9.17) is 4.74 Å². The third-order valence-electron chi connectivity index (χ3n) is 1.82. The number of hydrogen-bond donors (Lipinski definition) is 0. The van der Waals surface area contributed by atoms with Gasteiger partial charge in [-0.1, -0.05) is 6.58 Å². The molecule has 0 bridgehead atoms. The molecule has 1 heterocycles. The normalized spacial score (nSPS) is 22.3. The summed E-state index contributed by atoms with van der Waals surface area (Å²) in [6, 6.07) is 0. The second-order valence-electron chi connectivity index (χ2n) is 3.11. The first-order valence-corrected chi connectivity index (χ1v) is 5.62. The van der Waals surface area contributed by atoms with E-state index in [-0.39, 0.29) is 6.61 Å². The maximum atomic E-state index is 12.1. The zero-order chi connectivity index (χ0) is 12.2. The lowest BCUT2D eigenvalue weighted by atomic mass is 10.3. The predicted octanol–water partition coefficient (Wildman–Crippen LogP) is 2.13. The molecule has 1 atom stereocenters. The Kier molecular flexibility index (Phi) is 4.67. The van der Waals surface area contributed by atoms with Gasteiger partial charge in [0.05, 0.1) is 6.61 Å². The summed E-state index contributed by atoms with van der Waals surface area (Å²) in [5.74, 6) is -0.744. The summed E-state index contributed by atoms with van der Waals surface area (Å²) in [6.45, 7) is 3.31. The van der Waals surface area contributed by atoms with E-state index in [1.165, 1.54) is 11.8 Å². The summed E-state index contributed by atoms with van der Waals surface area (Å²) in [4.78, 5) is 11.1. The summed E-state index contributed by atoms with van der Waals surface area (Å²) >= 11 is 1.26. The Balaban J connectivity index is 2.47. The Labute approximate surface area is 95.0 Å². The van der Waals surface area contributed by atoms with Gasteiger partial charge in [-0.05, 0) is 12.2 Å². The van der Waals surface area contributed by atoms with Crippen LogP contribution in [0, 0.1) is 0 Å². The Hall–Kier alpha value is -0.690. The molecule has 0 saturated carbocycles. The van der Waals surface area contributed by atoms with E-state index in [0.29, 0.717) is 12.4 Å². The van der Waals surface area contributed by atoms with Crippen molar-refractivity contribution in [2.24, 2.45) is 0 Å². The van der Waals surface area contributed by atoms with Crippen molar-refractivity contribution in [2.75, 3.05) is 19.0 Å². The molecule has 0 spiro atoms. The minimum absolute atomic E-state index is 0.113. The molecule has 1 fully saturated rings. The molecule has 1 aliphatic rings. The molecule has 0 aromatic carbocycles. The molecule has 0 radical (unpaired) electrons. The SMILES string of the molecule is C=C(C(=O)OC1COCCCS1)C(F)(F)F. The van der Waals surface area contributed by atoms with Gasteiger partial charge in [-0.15, -0.1) is 11.8 Å². The standard InChI is InChI=1S/C9H11F3O3S/c1-6(9(10,11)12)8(13)15-7-5-14-3-2-4-16-7/h7H,1-5H2. The molecule has 92 valence electrons. The van der Waals surface area contributed by atoms with Gasteiger partial charge in [0.1, 0.15) is 5.57 Å². The summed E-state index contributed by atoms with van der Waals surface area (Å²) in [5, 5.41) is 0. The van der Waals surface area contributed by atoms with E-state index in [1.54, 1.807) is 0 Å². The predicted molar refractivity (Wildman–Crippen MR) is 53.0 cm³/mol. The highest BCUT2D eigenvalue weighted by atomic mass is 32.2. The van der Waals surface area contributed by atoms with Crippen molar-refractivity contribution in [3.05, 3.63) is 12.2 Å². The molecule has 0 aromatic rings. The molecule has 1 unspecified atom stereocenters. The number of esters is 1. The number of carbonyl (C=O) groups is 1. The molecule has 1 aliphatic heterocycles. The molecular weight excluding hydrogens is 245 g/mol. The first-order valence-electron chi connectivity index (χ1n) is 4.57. The van der Waals surface area contributed by atoms with Crippen LogP contribution in [-0.4, -0.2) is 36.5 Å². The summed E-state index contributed by atoms with van der Waals surface area (Å²) in [5.41, 5.74) is -2.17. The van der Waals surface area contributed by atoms with E-state index >= 15 is 0 Å². The number of ether oxygens (including phenoxy) is 2. The molecule has 0 amide bonds. The Morgan fingerprint density at radius 3 is 2.81 bits per heavy atom. The second kappa shape index (κ2) is 5.58. The lowest BCUT2D eigenvalue weighted by Crippen LogP contribution is -2.26. The van der Waals surface area contributed by atoms with Crippen LogP contribution >= 0.6 is 11.8 Å². The van der Waals surface area contributed by atoms with Crippen LogP contribution in [0.1, 0.15) is 6.42 Å². The van der Waals surface area contributed by atoms with Crippen molar-refractivity contribution in [1.29, 1.82) is 0 Å². The van der Waals surface area contributed by atoms with E-state index in [9.17, 15) is 18.0 Å². The van der Waals surface area contributed by atoms with Crippen LogP contribution in [-0.2, 0) is 14.3 Å². The average molecular weight is 256 g/mol. The Morgan fingerprint density at radius 1 is 1.50 bits per heavy atom. The van der Waals surface area contributed by atoms with Crippen molar-refractivity contribution < 1.29 is 27.4 Å². The van der Waals surface area contributed by atoms with E-state index < -0.39 is 23.2 Å². The smallest absolute Gasteiger partial charge is 0.422 e. The van der Waals surface area contributed by atoms with Crippen LogP contribution < -0.4 is 0 Å². The van der Waals surface area contributed by atoms with Gasteiger partial charge in [0.25, 0.3) is 0 Å². The zero-order valence-electron chi connectivity index (χ0n) is 8.38. The molecule has 7 heteroatoms. The third-order valence-corrected chi connectivity index (χ3v) is 2.95. The molecule has 1 saturated heterocycles. The molecule has 3 nitrogen and oxygen atoms in total. The van der Waals surface area contributed by atoms with Gasteiger partial charge >= 0.3 is 12.1 Å². The minimum Gasteiger partial charge on any atom is -0.445 e. The number of alkyl halides is 3. The lowest BCUT2D eigenvalue weighted by molar-refractivity contribution is -0.153. The van der Waals surface area contributed by atoms with Crippen molar-refractivity contribution >= 4 is 17.7 Å². The third kappa shape index (κ3) is 4.05. The fourth-order valence-electron chi connectivity index (χ4n) is 0.978. The summed E-state index contributed by atoms with van der Waals surface area (Å²) in [7, 11) is 0. The van der Waals surface area contributed by atoms with Crippen LogP contribution in [0.25, 0.3) is 0 Å². The van der Waals surface area contributed by atoms with Crippen LogP contribution in [0.2, 0.25) is 0 Å².